The molecule has 2 nitrogen and oxygen atoms in total. The molecular weight excluding hydrogens is 237 g/mol. The van der Waals surface area contributed by atoms with E-state index in [0.717, 1.165) is 16.1 Å². The Hall–Kier alpha value is -1.68. The van der Waals surface area contributed by atoms with E-state index in [-0.39, 0.29) is 17.6 Å². The molecule has 1 aromatic carbocycles. The van der Waals surface area contributed by atoms with Gasteiger partial charge in [0.1, 0.15) is 5.82 Å². The van der Waals surface area contributed by atoms with Gasteiger partial charge in [0.15, 0.2) is 0 Å². The Balaban J connectivity index is 2.08. The number of carbonyl (C=O) groups excluding carboxylic acids is 1. The Morgan fingerprint density at radius 2 is 2.24 bits per heavy atom. The third-order valence-electron chi connectivity index (χ3n) is 2.93. The van der Waals surface area contributed by atoms with Crippen molar-refractivity contribution in [3.63, 3.8) is 0 Å². The average molecular weight is 247 g/mol. The van der Waals surface area contributed by atoms with Crippen molar-refractivity contribution in [2.75, 3.05) is 5.32 Å². The normalized spacial score (nSPS) is 18.6. The minimum Gasteiger partial charge on any atom is -0.325 e. The van der Waals surface area contributed by atoms with Crippen LogP contribution in [0.3, 0.4) is 0 Å². The maximum absolute atomic E-state index is 13.2. The van der Waals surface area contributed by atoms with Crippen molar-refractivity contribution in [2.24, 2.45) is 0 Å². The van der Waals surface area contributed by atoms with E-state index in [4.69, 9.17) is 0 Å². The first-order valence-corrected chi connectivity index (χ1v) is 6.25. The van der Waals surface area contributed by atoms with Crippen molar-refractivity contribution >= 4 is 22.9 Å². The fourth-order valence-corrected chi connectivity index (χ4v) is 3.15. The molecule has 3 rings (SSSR count). The lowest BCUT2D eigenvalue weighted by molar-refractivity contribution is -0.116. The second-order valence-electron chi connectivity index (χ2n) is 4.06. The van der Waals surface area contributed by atoms with Crippen LogP contribution in [0.4, 0.5) is 10.1 Å². The van der Waals surface area contributed by atoms with E-state index >= 15 is 0 Å². The second-order valence-corrected chi connectivity index (χ2v) is 5.01. The Kier molecular flexibility index (Phi) is 2.44. The van der Waals surface area contributed by atoms with Gasteiger partial charge in [0, 0.05) is 17.2 Å². The number of hydrogen-bond donors (Lipinski definition) is 1. The first kappa shape index (κ1) is 10.5. The van der Waals surface area contributed by atoms with E-state index in [1.165, 1.54) is 12.1 Å². The van der Waals surface area contributed by atoms with Gasteiger partial charge >= 0.3 is 0 Å². The summed E-state index contributed by atoms with van der Waals surface area (Å²) in [7, 11) is 0. The number of anilines is 1. The predicted octanol–water partition coefficient (Wildman–Crippen LogP) is 3.36. The lowest BCUT2D eigenvalue weighted by Crippen LogP contribution is -2.21. The molecule has 1 atom stereocenters. The maximum atomic E-state index is 13.2. The molecule has 17 heavy (non-hydrogen) atoms. The van der Waals surface area contributed by atoms with Crippen molar-refractivity contribution in [3.05, 3.63) is 52.0 Å². The van der Waals surface area contributed by atoms with Crippen molar-refractivity contribution in [1.29, 1.82) is 0 Å². The highest BCUT2D eigenvalue weighted by Gasteiger charge is 2.27. The summed E-state index contributed by atoms with van der Waals surface area (Å²) < 4.78 is 13.2. The molecule has 86 valence electrons. The van der Waals surface area contributed by atoms with Crippen LogP contribution in [-0.2, 0) is 4.79 Å². The van der Waals surface area contributed by atoms with Gasteiger partial charge in [-0.2, -0.15) is 0 Å². The summed E-state index contributed by atoms with van der Waals surface area (Å²) in [6.45, 7) is 0. The highest BCUT2D eigenvalue weighted by molar-refractivity contribution is 7.10. The van der Waals surface area contributed by atoms with Crippen LogP contribution in [0.5, 0.6) is 0 Å². The Morgan fingerprint density at radius 3 is 3.06 bits per heavy atom. The maximum Gasteiger partial charge on any atom is 0.225 e. The molecular formula is C13H10FNOS. The highest BCUT2D eigenvalue weighted by atomic mass is 32.1. The van der Waals surface area contributed by atoms with Gasteiger partial charge in [0.2, 0.25) is 5.91 Å². The van der Waals surface area contributed by atoms with Crippen LogP contribution in [0.15, 0.2) is 35.7 Å². The number of benzene rings is 1. The molecule has 2 heterocycles. The van der Waals surface area contributed by atoms with Gasteiger partial charge in [0.25, 0.3) is 0 Å². The Bertz CT molecular complexity index is 578. The number of amides is 1. The van der Waals surface area contributed by atoms with Crippen LogP contribution in [0.25, 0.3) is 0 Å². The molecule has 0 aliphatic carbocycles. The lowest BCUT2D eigenvalue weighted by atomic mass is 9.91. The smallest absolute Gasteiger partial charge is 0.225 e. The number of fused-ring (bicyclic) bond motifs is 1. The van der Waals surface area contributed by atoms with Gasteiger partial charge in [-0.25, -0.2) is 4.39 Å². The molecule has 0 fully saturated rings. The molecule has 1 aliphatic heterocycles. The molecule has 1 aromatic heterocycles. The molecule has 0 saturated carbocycles. The minimum atomic E-state index is -0.258. The van der Waals surface area contributed by atoms with E-state index in [1.807, 2.05) is 17.5 Å². The molecule has 1 N–H and O–H groups in total. The van der Waals surface area contributed by atoms with Crippen LogP contribution in [0, 0.1) is 5.82 Å². The van der Waals surface area contributed by atoms with Gasteiger partial charge in [0.05, 0.1) is 5.69 Å². The summed E-state index contributed by atoms with van der Waals surface area (Å²) in [5, 5.41) is 4.78. The number of thiophene rings is 1. The van der Waals surface area contributed by atoms with Crippen LogP contribution in [0.2, 0.25) is 0 Å². The van der Waals surface area contributed by atoms with E-state index in [1.54, 1.807) is 17.4 Å². The average Bonchev–Trinajstić information content (AvgIpc) is 2.75. The molecule has 0 bridgehead atoms. The quantitative estimate of drug-likeness (QED) is 0.822. The zero-order valence-corrected chi connectivity index (χ0v) is 9.76. The molecule has 1 amide bonds. The summed E-state index contributed by atoms with van der Waals surface area (Å²) in [6.07, 6.45) is 0.386. The standard InChI is InChI=1S/C13H10FNOS/c14-9-3-1-2-8(6-9)10-7-12(16)15-11-4-5-17-13(10)11/h1-6,10H,7H2,(H,15,16)/t10-/m1/s1. The Labute approximate surface area is 102 Å². The monoisotopic (exact) mass is 247 g/mol. The number of nitrogens with one attached hydrogen (secondary N) is 1. The molecule has 4 heteroatoms. The zero-order chi connectivity index (χ0) is 11.8. The first-order chi connectivity index (χ1) is 8.24. The van der Waals surface area contributed by atoms with Crippen LogP contribution >= 0.6 is 11.3 Å². The minimum absolute atomic E-state index is 0.00911. The van der Waals surface area contributed by atoms with Gasteiger partial charge in [-0.1, -0.05) is 12.1 Å². The SMILES string of the molecule is O=C1C[C@H](c2cccc(F)c2)c2sccc2N1. The number of halogens is 1. The highest BCUT2D eigenvalue weighted by Crippen LogP contribution is 2.40. The van der Waals surface area contributed by atoms with E-state index in [2.05, 4.69) is 5.32 Å². The summed E-state index contributed by atoms with van der Waals surface area (Å²) in [5.41, 5.74) is 1.73. The number of carbonyl (C=O) groups is 1. The van der Waals surface area contributed by atoms with Crippen molar-refractivity contribution in [2.45, 2.75) is 12.3 Å². The van der Waals surface area contributed by atoms with Crippen molar-refractivity contribution in [1.82, 2.24) is 0 Å². The predicted molar refractivity (Wildman–Crippen MR) is 65.8 cm³/mol. The molecule has 2 aromatic rings. The fraction of sp³-hybridized carbons (Fsp3) is 0.154. The topological polar surface area (TPSA) is 29.1 Å². The van der Waals surface area contributed by atoms with Crippen LogP contribution < -0.4 is 5.32 Å². The van der Waals surface area contributed by atoms with Crippen molar-refractivity contribution < 1.29 is 9.18 Å². The molecule has 0 unspecified atom stereocenters. The second kappa shape index (κ2) is 3.96. The van der Waals surface area contributed by atoms with Gasteiger partial charge in [-0.05, 0) is 29.1 Å². The van der Waals surface area contributed by atoms with E-state index in [0.29, 0.717) is 6.42 Å². The molecule has 1 aliphatic rings. The summed E-state index contributed by atoms with van der Waals surface area (Å²) in [6, 6.07) is 8.37. The number of hydrogen-bond acceptors (Lipinski definition) is 2. The van der Waals surface area contributed by atoms with Gasteiger partial charge in [-0.3, -0.25) is 4.79 Å². The summed E-state index contributed by atoms with van der Waals surface area (Å²) in [5.74, 6) is -0.286. The third-order valence-corrected chi connectivity index (χ3v) is 3.96. The first-order valence-electron chi connectivity index (χ1n) is 5.37. The van der Waals surface area contributed by atoms with Crippen LogP contribution in [-0.4, -0.2) is 5.91 Å². The fourth-order valence-electron chi connectivity index (χ4n) is 2.17. The van der Waals surface area contributed by atoms with E-state index < -0.39 is 0 Å². The third kappa shape index (κ3) is 1.85. The van der Waals surface area contributed by atoms with Crippen LogP contribution in [0.1, 0.15) is 22.8 Å². The summed E-state index contributed by atoms with van der Waals surface area (Å²) >= 11 is 1.60. The summed E-state index contributed by atoms with van der Waals surface area (Å²) in [4.78, 5) is 12.7. The van der Waals surface area contributed by atoms with Gasteiger partial charge < -0.3 is 5.32 Å². The lowest BCUT2D eigenvalue weighted by Gasteiger charge is -2.22. The largest absolute Gasteiger partial charge is 0.325 e. The molecule has 0 radical (unpaired) electrons. The molecule has 0 spiro atoms. The molecule has 0 saturated heterocycles. The zero-order valence-electron chi connectivity index (χ0n) is 8.94. The van der Waals surface area contributed by atoms with Gasteiger partial charge in [-0.15, -0.1) is 11.3 Å². The number of rotatable bonds is 1. The van der Waals surface area contributed by atoms with E-state index in [9.17, 15) is 9.18 Å². The van der Waals surface area contributed by atoms with Crippen molar-refractivity contribution in [3.8, 4) is 0 Å². The Morgan fingerprint density at radius 1 is 1.35 bits per heavy atom.